The molecule has 0 saturated carbocycles. The topological polar surface area (TPSA) is 13.1 Å². The van der Waals surface area contributed by atoms with Gasteiger partial charge in [-0.1, -0.05) is 140 Å². The molecule has 0 fully saturated rings. The van der Waals surface area contributed by atoms with E-state index in [1.807, 2.05) is 11.3 Å². The molecule has 0 radical (unpaired) electrons. The Morgan fingerprint density at radius 3 is 1.94 bits per heavy atom. The molecule has 0 N–H and O–H groups in total. The van der Waals surface area contributed by atoms with Gasteiger partial charge in [0, 0.05) is 42.2 Å². The van der Waals surface area contributed by atoms with E-state index in [9.17, 15) is 0 Å². The van der Waals surface area contributed by atoms with Crippen molar-refractivity contribution in [3.8, 4) is 11.1 Å². The fourth-order valence-corrected chi connectivity index (χ4v) is 10.5. The molecule has 2 aliphatic rings. The molecule has 2 heteroatoms. The highest BCUT2D eigenvalue weighted by Crippen LogP contribution is 2.47. The van der Waals surface area contributed by atoms with Crippen molar-refractivity contribution in [3.63, 3.8) is 0 Å². The Morgan fingerprint density at radius 1 is 0.481 bits per heavy atom. The van der Waals surface area contributed by atoms with Crippen LogP contribution in [0.15, 0.2) is 186 Å². The summed E-state index contributed by atoms with van der Waals surface area (Å²) < 4.78 is 9.36. The maximum absolute atomic E-state index is 6.73. The van der Waals surface area contributed by atoms with E-state index in [0.29, 0.717) is 5.92 Å². The maximum atomic E-state index is 6.73. The van der Waals surface area contributed by atoms with Crippen LogP contribution in [0.4, 0.5) is 0 Å². The van der Waals surface area contributed by atoms with Crippen molar-refractivity contribution >= 4 is 96.9 Å². The molecular weight excluding hydrogens is 673 g/mol. The zero-order valence-electron chi connectivity index (χ0n) is 29.3. The largest absolute Gasteiger partial charge is 0.455 e. The molecule has 1 unspecified atom stereocenters. The Morgan fingerprint density at radius 2 is 1.15 bits per heavy atom. The van der Waals surface area contributed by atoms with E-state index in [-0.39, 0.29) is 0 Å². The van der Waals surface area contributed by atoms with Crippen LogP contribution in [0.5, 0.6) is 0 Å². The predicted octanol–water partition coefficient (Wildman–Crippen LogP) is 15.1. The minimum atomic E-state index is 0.338. The van der Waals surface area contributed by atoms with Crippen LogP contribution >= 0.6 is 11.3 Å². The summed E-state index contributed by atoms with van der Waals surface area (Å²) in [6, 6.07) is 53.4. The Balaban J connectivity index is 1.03. The Hall–Kier alpha value is -6.48. The van der Waals surface area contributed by atoms with Crippen molar-refractivity contribution in [1.82, 2.24) is 0 Å². The molecule has 12 rings (SSSR count). The van der Waals surface area contributed by atoms with E-state index in [1.165, 1.54) is 91.5 Å². The zero-order chi connectivity index (χ0) is 35.3. The van der Waals surface area contributed by atoms with Crippen molar-refractivity contribution in [2.45, 2.75) is 6.42 Å². The molecular formula is C52H32OS. The summed E-state index contributed by atoms with van der Waals surface area (Å²) in [4.78, 5) is 0. The first-order valence-electron chi connectivity index (χ1n) is 18.8. The smallest absolute Gasteiger partial charge is 0.143 e. The molecule has 54 heavy (non-hydrogen) atoms. The summed E-state index contributed by atoms with van der Waals surface area (Å²) in [6.45, 7) is 0. The van der Waals surface area contributed by atoms with Crippen LogP contribution in [0, 0.1) is 5.92 Å². The SMILES string of the molecule is C1=CC2=CC=C(c3c4ccccc4c(-c4ccc5oc6c(ccc7c6ccc6sc8ccccc8c67)c5c4)c4ccccc34)CC2C=C1c1ccccc1. The van der Waals surface area contributed by atoms with E-state index in [1.54, 1.807) is 0 Å². The van der Waals surface area contributed by atoms with Crippen molar-refractivity contribution in [2.75, 3.05) is 0 Å². The molecule has 2 heterocycles. The van der Waals surface area contributed by atoms with Gasteiger partial charge in [-0.2, -0.15) is 0 Å². The average molecular weight is 705 g/mol. The van der Waals surface area contributed by atoms with Gasteiger partial charge in [0.15, 0.2) is 0 Å². The van der Waals surface area contributed by atoms with Crippen molar-refractivity contribution in [2.24, 2.45) is 5.92 Å². The molecule has 0 amide bonds. The van der Waals surface area contributed by atoms with Crippen LogP contribution < -0.4 is 0 Å². The lowest BCUT2D eigenvalue weighted by atomic mass is 9.77. The Bertz CT molecular complexity index is 3290. The summed E-state index contributed by atoms with van der Waals surface area (Å²) in [6.07, 6.45) is 12.7. The van der Waals surface area contributed by atoms with Gasteiger partial charge in [0.1, 0.15) is 11.2 Å². The van der Waals surface area contributed by atoms with Gasteiger partial charge >= 0.3 is 0 Å². The minimum Gasteiger partial charge on any atom is -0.455 e. The number of thiophene rings is 1. The molecule has 10 aromatic rings. The summed E-state index contributed by atoms with van der Waals surface area (Å²) in [5.74, 6) is 0.338. The van der Waals surface area contributed by atoms with Gasteiger partial charge in [-0.25, -0.2) is 0 Å². The highest BCUT2D eigenvalue weighted by atomic mass is 32.1. The summed E-state index contributed by atoms with van der Waals surface area (Å²) in [7, 11) is 0. The van der Waals surface area contributed by atoms with E-state index >= 15 is 0 Å². The van der Waals surface area contributed by atoms with E-state index in [4.69, 9.17) is 4.42 Å². The lowest BCUT2D eigenvalue weighted by molar-refractivity contribution is 0.673. The minimum absolute atomic E-state index is 0.338. The lowest BCUT2D eigenvalue weighted by Crippen LogP contribution is -2.09. The van der Waals surface area contributed by atoms with Gasteiger partial charge in [0.05, 0.1) is 0 Å². The molecule has 0 spiro atoms. The number of benzene rings is 8. The number of furan rings is 1. The van der Waals surface area contributed by atoms with Crippen LogP contribution in [0.1, 0.15) is 17.5 Å². The average Bonchev–Trinajstić information content (AvgIpc) is 3.81. The van der Waals surface area contributed by atoms with Crippen LogP contribution in [0.25, 0.3) is 96.7 Å². The van der Waals surface area contributed by atoms with Crippen LogP contribution in [-0.2, 0) is 0 Å². The van der Waals surface area contributed by atoms with Crippen LogP contribution in [0.2, 0.25) is 0 Å². The predicted molar refractivity (Wildman–Crippen MR) is 232 cm³/mol. The molecule has 1 nitrogen and oxygen atoms in total. The third-order valence-electron chi connectivity index (χ3n) is 11.8. The number of fused-ring (bicyclic) bond motifs is 12. The second kappa shape index (κ2) is 11.5. The number of allylic oxidation sites excluding steroid dienone is 8. The molecule has 0 aliphatic heterocycles. The third kappa shape index (κ3) is 4.38. The number of hydrogen-bond acceptors (Lipinski definition) is 2. The van der Waals surface area contributed by atoms with Crippen molar-refractivity contribution < 1.29 is 4.42 Å². The van der Waals surface area contributed by atoms with Gasteiger partial charge in [-0.3, -0.25) is 0 Å². The fourth-order valence-electron chi connectivity index (χ4n) is 9.35. The fraction of sp³-hybridized carbons (Fsp3) is 0.0385. The molecule has 252 valence electrons. The molecule has 2 aromatic heterocycles. The highest BCUT2D eigenvalue weighted by molar-refractivity contribution is 7.26. The van der Waals surface area contributed by atoms with E-state index < -0.39 is 0 Å². The van der Waals surface area contributed by atoms with Crippen LogP contribution in [-0.4, -0.2) is 0 Å². The summed E-state index contributed by atoms with van der Waals surface area (Å²) in [5.41, 5.74) is 11.0. The third-order valence-corrected chi connectivity index (χ3v) is 12.9. The van der Waals surface area contributed by atoms with Gasteiger partial charge in [-0.15, -0.1) is 11.3 Å². The van der Waals surface area contributed by atoms with Crippen molar-refractivity contribution in [1.29, 1.82) is 0 Å². The maximum Gasteiger partial charge on any atom is 0.143 e. The first kappa shape index (κ1) is 30.0. The lowest BCUT2D eigenvalue weighted by Gasteiger charge is -2.27. The molecule has 0 saturated heterocycles. The first-order chi connectivity index (χ1) is 26.8. The zero-order valence-corrected chi connectivity index (χ0v) is 30.2. The number of rotatable bonds is 3. The quantitative estimate of drug-likeness (QED) is 0.167. The Labute approximate surface area is 316 Å². The monoisotopic (exact) mass is 704 g/mol. The van der Waals surface area contributed by atoms with Gasteiger partial charge in [-0.05, 0) is 109 Å². The van der Waals surface area contributed by atoms with E-state index in [0.717, 1.165) is 28.4 Å². The van der Waals surface area contributed by atoms with Gasteiger partial charge in [0.2, 0.25) is 0 Å². The van der Waals surface area contributed by atoms with Gasteiger partial charge < -0.3 is 4.42 Å². The number of hydrogen-bond donors (Lipinski definition) is 0. The highest BCUT2D eigenvalue weighted by Gasteiger charge is 2.25. The van der Waals surface area contributed by atoms with Gasteiger partial charge in [0.25, 0.3) is 0 Å². The molecule has 0 bridgehead atoms. The van der Waals surface area contributed by atoms with Crippen molar-refractivity contribution in [3.05, 3.63) is 193 Å². The normalized spacial score (nSPS) is 15.8. The second-order valence-electron chi connectivity index (χ2n) is 14.7. The second-order valence-corrected chi connectivity index (χ2v) is 15.8. The van der Waals surface area contributed by atoms with E-state index in [2.05, 4.69) is 176 Å². The standard InChI is InChI=1S/C52H32OS/c1-2-10-31(11-3-1)33-20-18-32-19-21-34(29-36(32)28-33)49-37-12-4-6-14-39(37)50(40-15-7-5-13-38(40)49)35-22-26-46-45(30-35)43-24-23-41-42(52(43)53-46)25-27-48-51(41)44-16-8-9-17-47(44)54-48/h1-28,30,36H,29H2. The summed E-state index contributed by atoms with van der Waals surface area (Å²) >= 11 is 1.86. The summed E-state index contributed by atoms with van der Waals surface area (Å²) in [5, 5.41) is 12.5. The molecule has 1 atom stereocenters. The Kier molecular flexibility index (Phi) is 6.40. The van der Waals surface area contributed by atoms with Crippen LogP contribution in [0.3, 0.4) is 0 Å². The molecule has 8 aromatic carbocycles. The first-order valence-corrected chi connectivity index (χ1v) is 19.6. The molecule has 2 aliphatic carbocycles.